The highest BCUT2D eigenvalue weighted by Gasteiger charge is 2.21. The molecular formula is C21H30O4. The van der Waals surface area contributed by atoms with Crippen LogP contribution in [0.5, 0.6) is 0 Å². The van der Waals surface area contributed by atoms with Gasteiger partial charge in [-0.25, -0.2) is 4.79 Å². The number of terminal acetylenes is 1. The van der Waals surface area contributed by atoms with Crippen molar-refractivity contribution in [3.63, 3.8) is 0 Å². The molecular weight excluding hydrogens is 316 g/mol. The second-order valence-corrected chi connectivity index (χ2v) is 6.67. The quantitative estimate of drug-likeness (QED) is 0.443. The third kappa shape index (κ3) is 7.29. The summed E-state index contributed by atoms with van der Waals surface area (Å²) in [5.74, 6) is 2.34. The minimum Gasteiger partial charge on any atom is -0.459 e. The molecule has 25 heavy (non-hydrogen) atoms. The Morgan fingerprint density at radius 3 is 2.76 bits per heavy atom. The Bertz CT molecular complexity index is 567. The molecule has 1 rings (SSSR count). The number of carbonyl (C=O) groups is 1. The lowest BCUT2D eigenvalue weighted by Gasteiger charge is -2.24. The molecule has 0 spiro atoms. The first-order chi connectivity index (χ1) is 11.8. The Hall–Kier alpha value is -1.83. The van der Waals surface area contributed by atoms with Gasteiger partial charge in [0.2, 0.25) is 0 Å². The largest absolute Gasteiger partial charge is 0.459 e. The molecule has 1 heterocycles. The van der Waals surface area contributed by atoms with Gasteiger partial charge in [0.25, 0.3) is 0 Å². The zero-order valence-electron chi connectivity index (χ0n) is 16.0. The Balaban J connectivity index is 3.16. The number of ether oxygens (including phenoxy) is 3. The smallest absolute Gasteiger partial charge is 0.330 e. The molecule has 0 amide bonds. The fraction of sp³-hybridized carbons (Fsp3) is 0.571. The third-order valence-corrected chi connectivity index (χ3v) is 4.51. The number of hydrogen-bond donors (Lipinski definition) is 0. The van der Waals surface area contributed by atoms with Crippen LogP contribution in [0.15, 0.2) is 36.0 Å². The molecule has 4 atom stereocenters. The van der Waals surface area contributed by atoms with Crippen LogP contribution in [0.1, 0.15) is 40.5 Å². The molecule has 0 aromatic rings. The number of esters is 1. The van der Waals surface area contributed by atoms with E-state index in [1.54, 1.807) is 13.2 Å². The van der Waals surface area contributed by atoms with Gasteiger partial charge in [0.15, 0.2) is 0 Å². The minimum atomic E-state index is -0.818. The average molecular weight is 346 g/mol. The van der Waals surface area contributed by atoms with Gasteiger partial charge in [0.05, 0.1) is 6.10 Å². The number of carbonyl (C=O) groups excluding carboxylic acids is 1. The first-order valence-electron chi connectivity index (χ1n) is 8.67. The van der Waals surface area contributed by atoms with E-state index in [1.165, 1.54) is 6.08 Å². The predicted octanol–water partition coefficient (Wildman–Crippen LogP) is 3.83. The van der Waals surface area contributed by atoms with Gasteiger partial charge >= 0.3 is 5.97 Å². The van der Waals surface area contributed by atoms with Crippen molar-refractivity contribution in [3.8, 4) is 12.3 Å². The van der Waals surface area contributed by atoms with Crippen LogP contribution in [-0.4, -0.2) is 37.5 Å². The monoisotopic (exact) mass is 346 g/mol. The summed E-state index contributed by atoms with van der Waals surface area (Å²) in [5.41, 5.74) is 0.317. The lowest BCUT2D eigenvalue weighted by atomic mass is 9.97. The molecule has 4 heteroatoms. The molecule has 0 fully saturated rings. The molecule has 0 bridgehead atoms. The number of methoxy groups -OCH3 is 1. The number of cyclic esters (lactones) is 1. The molecule has 0 radical (unpaired) electrons. The van der Waals surface area contributed by atoms with Crippen molar-refractivity contribution in [2.24, 2.45) is 5.92 Å². The van der Waals surface area contributed by atoms with Gasteiger partial charge in [-0.1, -0.05) is 31.1 Å². The van der Waals surface area contributed by atoms with Gasteiger partial charge in [-0.2, -0.15) is 0 Å². The highest BCUT2D eigenvalue weighted by Crippen LogP contribution is 2.20. The summed E-state index contributed by atoms with van der Waals surface area (Å²) in [4.78, 5) is 12.1. The summed E-state index contributed by atoms with van der Waals surface area (Å²) in [7, 11) is 1.67. The van der Waals surface area contributed by atoms with E-state index in [9.17, 15) is 4.79 Å². The van der Waals surface area contributed by atoms with Crippen LogP contribution in [0, 0.1) is 18.3 Å². The van der Waals surface area contributed by atoms with Gasteiger partial charge in [-0.3, -0.25) is 0 Å². The van der Waals surface area contributed by atoms with Gasteiger partial charge in [0.1, 0.15) is 18.3 Å². The van der Waals surface area contributed by atoms with Gasteiger partial charge < -0.3 is 14.2 Å². The molecule has 4 nitrogen and oxygen atoms in total. The summed E-state index contributed by atoms with van der Waals surface area (Å²) in [6.07, 6.45) is 15.9. The standard InChI is InChI=1S/C21H30O4/c1-7-15-24-21(5)13-11-19(23-6)17(3)10-8-9-16(2)18(4)25-20(22)12-14-21/h1,10-14,16,18-19H,8-9,15H2,2-6H3/b13-11+,14-12+,17-10+/t16-,18+,19-,21+/m0/s1. The van der Waals surface area contributed by atoms with Crippen molar-refractivity contribution >= 4 is 5.97 Å². The van der Waals surface area contributed by atoms with E-state index >= 15 is 0 Å². The summed E-state index contributed by atoms with van der Waals surface area (Å²) in [6.45, 7) is 8.04. The van der Waals surface area contributed by atoms with Gasteiger partial charge in [0, 0.05) is 13.2 Å². The van der Waals surface area contributed by atoms with Crippen molar-refractivity contribution in [3.05, 3.63) is 36.0 Å². The van der Waals surface area contributed by atoms with E-state index in [0.29, 0.717) is 0 Å². The predicted molar refractivity (Wildman–Crippen MR) is 100.0 cm³/mol. The zero-order chi connectivity index (χ0) is 18.9. The Labute approximate surface area is 151 Å². The SMILES string of the molecule is C#CCO[C@@]1(C)/C=C/C(=O)O[C@H](C)[C@@H](C)CC/C=C(\C)[C@@H](OC)/C=C/1. The van der Waals surface area contributed by atoms with Crippen LogP contribution < -0.4 is 0 Å². The van der Waals surface area contributed by atoms with E-state index in [2.05, 4.69) is 18.9 Å². The lowest BCUT2D eigenvalue weighted by Crippen LogP contribution is -2.26. The highest BCUT2D eigenvalue weighted by molar-refractivity contribution is 5.82. The minimum absolute atomic E-state index is 0.139. The van der Waals surface area contributed by atoms with Crippen molar-refractivity contribution < 1.29 is 19.0 Å². The molecule has 1 aliphatic rings. The maximum absolute atomic E-state index is 12.1. The summed E-state index contributed by atoms with van der Waals surface area (Å²) >= 11 is 0. The number of allylic oxidation sites excluding steroid dienone is 1. The van der Waals surface area contributed by atoms with Crippen molar-refractivity contribution in [2.45, 2.75) is 58.3 Å². The van der Waals surface area contributed by atoms with Crippen LogP contribution in [0.3, 0.4) is 0 Å². The zero-order valence-corrected chi connectivity index (χ0v) is 16.0. The molecule has 138 valence electrons. The highest BCUT2D eigenvalue weighted by atomic mass is 16.5. The number of rotatable bonds is 3. The Kier molecular flexibility index (Phi) is 8.68. The van der Waals surface area contributed by atoms with Crippen molar-refractivity contribution in [1.29, 1.82) is 0 Å². The van der Waals surface area contributed by atoms with Crippen LogP contribution in [-0.2, 0) is 19.0 Å². The lowest BCUT2D eigenvalue weighted by molar-refractivity contribution is -0.144. The molecule has 0 N–H and O–H groups in total. The topological polar surface area (TPSA) is 44.8 Å². The van der Waals surface area contributed by atoms with Gasteiger partial charge in [-0.05, 0) is 51.2 Å². The second kappa shape index (κ2) is 10.2. The Morgan fingerprint density at radius 1 is 1.40 bits per heavy atom. The number of hydrogen-bond acceptors (Lipinski definition) is 4. The second-order valence-electron chi connectivity index (χ2n) is 6.67. The van der Waals surface area contributed by atoms with E-state index in [0.717, 1.165) is 18.4 Å². The molecule has 0 unspecified atom stereocenters. The fourth-order valence-corrected chi connectivity index (χ4v) is 2.54. The third-order valence-electron chi connectivity index (χ3n) is 4.51. The van der Waals surface area contributed by atoms with Crippen molar-refractivity contribution in [1.82, 2.24) is 0 Å². The van der Waals surface area contributed by atoms with Crippen LogP contribution in [0.2, 0.25) is 0 Å². The molecule has 0 aliphatic carbocycles. The molecule has 0 aromatic carbocycles. The van der Waals surface area contributed by atoms with E-state index < -0.39 is 5.60 Å². The molecule has 0 aromatic heterocycles. The summed E-state index contributed by atoms with van der Waals surface area (Å²) < 4.78 is 16.8. The first-order valence-corrected chi connectivity index (χ1v) is 8.67. The maximum Gasteiger partial charge on any atom is 0.330 e. The van der Waals surface area contributed by atoms with E-state index in [-0.39, 0.29) is 30.7 Å². The molecule has 0 saturated heterocycles. The summed E-state index contributed by atoms with van der Waals surface area (Å²) in [6, 6.07) is 0. The first kappa shape index (κ1) is 21.2. The molecule has 1 aliphatic heterocycles. The van der Waals surface area contributed by atoms with Crippen LogP contribution in [0.25, 0.3) is 0 Å². The fourth-order valence-electron chi connectivity index (χ4n) is 2.54. The van der Waals surface area contributed by atoms with Crippen LogP contribution in [0.4, 0.5) is 0 Å². The van der Waals surface area contributed by atoms with E-state index in [4.69, 9.17) is 20.6 Å². The summed E-state index contributed by atoms with van der Waals surface area (Å²) in [5, 5.41) is 0. The Morgan fingerprint density at radius 2 is 2.12 bits per heavy atom. The van der Waals surface area contributed by atoms with Crippen LogP contribution >= 0.6 is 0 Å². The maximum atomic E-state index is 12.1. The van der Waals surface area contributed by atoms with Crippen molar-refractivity contribution in [2.75, 3.05) is 13.7 Å². The van der Waals surface area contributed by atoms with Gasteiger partial charge in [-0.15, -0.1) is 6.42 Å². The average Bonchev–Trinajstić information content (AvgIpc) is 2.58. The molecule has 0 saturated carbocycles. The normalized spacial score (nSPS) is 36.2. The van der Waals surface area contributed by atoms with E-state index in [1.807, 2.05) is 32.9 Å².